The fourth-order valence-electron chi connectivity index (χ4n) is 1.01. The van der Waals surface area contributed by atoms with Gasteiger partial charge in [-0.1, -0.05) is 0 Å². The lowest BCUT2D eigenvalue weighted by Gasteiger charge is -2.09. The molecular weight excluding hydrogens is 204 g/mol. The first kappa shape index (κ1) is 10.6. The summed E-state index contributed by atoms with van der Waals surface area (Å²) in [5.41, 5.74) is 0.827. The molecule has 2 N–H and O–H groups in total. The minimum absolute atomic E-state index is 0.147. The van der Waals surface area contributed by atoms with E-state index in [9.17, 15) is 9.59 Å². The molecule has 0 aromatic carbocycles. The Morgan fingerprint density at radius 2 is 2.57 bits per heavy atom. The van der Waals surface area contributed by atoms with Gasteiger partial charge in [0.2, 0.25) is 6.41 Å². The molecule has 0 aliphatic rings. The first-order valence-electron chi connectivity index (χ1n) is 3.97. The highest BCUT2D eigenvalue weighted by atomic mass is 32.1. The quantitative estimate of drug-likeness (QED) is 0.707. The zero-order chi connectivity index (χ0) is 10.6. The van der Waals surface area contributed by atoms with Crippen molar-refractivity contribution in [2.75, 3.05) is 0 Å². The van der Waals surface area contributed by atoms with Crippen LogP contribution in [-0.2, 0) is 9.59 Å². The maximum Gasteiger partial charge on any atom is 0.305 e. The van der Waals surface area contributed by atoms with Crippen LogP contribution in [0.2, 0.25) is 0 Å². The van der Waals surface area contributed by atoms with E-state index < -0.39 is 12.0 Å². The van der Waals surface area contributed by atoms with Crippen molar-refractivity contribution in [1.29, 1.82) is 0 Å². The van der Waals surface area contributed by atoms with Gasteiger partial charge in [0.25, 0.3) is 0 Å². The van der Waals surface area contributed by atoms with Gasteiger partial charge in [-0.15, -0.1) is 11.3 Å². The predicted octanol–water partition coefficient (Wildman–Crippen LogP) is 0.713. The van der Waals surface area contributed by atoms with Crippen molar-refractivity contribution in [2.24, 2.45) is 0 Å². The number of nitrogens with zero attached hydrogens (tertiary/aromatic N) is 1. The molecule has 76 valence electrons. The Morgan fingerprint density at radius 1 is 1.86 bits per heavy atom. The van der Waals surface area contributed by atoms with Gasteiger partial charge in [0.1, 0.15) is 5.01 Å². The number of hydrogen-bond donors (Lipinski definition) is 2. The second-order valence-corrected chi connectivity index (χ2v) is 3.65. The molecule has 0 spiro atoms. The van der Waals surface area contributed by atoms with Crippen LogP contribution >= 0.6 is 11.3 Å². The fraction of sp³-hybridized carbons (Fsp3) is 0.375. The Kier molecular flexibility index (Phi) is 3.58. The molecule has 0 bridgehead atoms. The molecule has 6 heteroatoms. The lowest BCUT2D eigenvalue weighted by molar-refractivity contribution is -0.137. The van der Waals surface area contributed by atoms with Crippen LogP contribution in [0.4, 0.5) is 0 Å². The maximum absolute atomic E-state index is 10.5. The molecular formula is C8H10N2O3S. The first-order valence-corrected chi connectivity index (χ1v) is 4.85. The number of carboxylic acids is 1. The normalized spacial score (nSPS) is 12.1. The zero-order valence-electron chi connectivity index (χ0n) is 7.56. The SMILES string of the molecule is Cc1csc(C(CC(=O)O)NC=O)n1. The Hall–Kier alpha value is -1.43. The highest BCUT2D eigenvalue weighted by Gasteiger charge is 2.17. The van der Waals surface area contributed by atoms with Gasteiger partial charge < -0.3 is 10.4 Å². The molecule has 1 aromatic heterocycles. The van der Waals surface area contributed by atoms with Gasteiger partial charge in [0, 0.05) is 11.1 Å². The molecule has 0 aliphatic carbocycles. The van der Waals surface area contributed by atoms with E-state index in [-0.39, 0.29) is 6.42 Å². The van der Waals surface area contributed by atoms with Crippen LogP contribution in [-0.4, -0.2) is 22.5 Å². The summed E-state index contributed by atoms with van der Waals surface area (Å²) in [5, 5.41) is 13.5. The summed E-state index contributed by atoms with van der Waals surface area (Å²) in [6.07, 6.45) is 0.343. The summed E-state index contributed by atoms with van der Waals surface area (Å²) in [6.45, 7) is 1.82. The first-order chi connectivity index (χ1) is 6.63. The Balaban J connectivity index is 2.76. The van der Waals surface area contributed by atoms with E-state index in [0.717, 1.165) is 5.69 Å². The van der Waals surface area contributed by atoms with Gasteiger partial charge in [-0.2, -0.15) is 0 Å². The number of carbonyl (C=O) groups excluding carboxylic acids is 1. The number of aromatic nitrogens is 1. The molecule has 0 fully saturated rings. The summed E-state index contributed by atoms with van der Waals surface area (Å²) < 4.78 is 0. The molecule has 0 saturated carbocycles. The summed E-state index contributed by atoms with van der Waals surface area (Å²) in [7, 11) is 0. The molecule has 14 heavy (non-hydrogen) atoms. The molecule has 1 heterocycles. The largest absolute Gasteiger partial charge is 0.481 e. The van der Waals surface area contributed by atoms with Gasteiger partial charge in [-0.25, -0.2) is 4.98 Å². The van der Waals surface area contributed by atoms with Gasteiger partial charge in [-0.3, -0.25) is 9.59 Å². The Labute approximate surface area is 84.8 Å². The van der Waals surface area contributed by atoms with Crippen LogP contribution in [0.5, 0.6) is 0 Å². The third-order valence-corrected chi connectivity index (χ3v) is 2.66. The maximum atomic E-state index is 10.5. The van der Waals surface area contributed by atoms with Crippen molar-refractivity contribution in [1.82, 2.24) is 10.3 Å². The number of amides is 1. The topological polar surface area (TPSA) is 79.3 Å². The second-order valence-electron chi connectivity index (χ2n) is 2.76. The smallest absolute Gasteiger partial charge is 0.305 e. The van der Waals surface area contributed by atoms with Gasteiger partial charge >= 0.3 is 5.97 Å². The molecule has 1 unspecified atom stereocenters. The van der Waals surface area contributed by atoms with E-state index in [1.807, 2.05) is 12.3 Å². The standard InChI is InChI=1S/C8H10N2O3S/c1-5-3-14-8(10-5)6(9-4-11)2-7(12)13/h3-4,6H,2H2,1H3,(H,9,11)(H,12,13). The molecule has 1 aromatic rings. The average molecular weight is 214 g/mol. The van der Waals surface area contributed by atoms with Gasteiger partial charge in [-0.05, 0) is 6.92 Å². The lowest BCUT2D eigenvalue weighted by Crippen LogP contribution is -2.22. The van der Waals surface area contributed by atoms with Crippen molar-refractivity contribution in [3.05, 3.63) is 16.1 Å². The van der Waals surface area contributed by atoms with Crippen LogP contribution in [0.25, 0.3) is 0 Å². The minimum atomic E-state index is -0.961. The summed E-state index contributed by atoms with van der Waals surface area (Å²) in [6, 6.07) is -0.524. The van der Waals surface area contributed by atoms with E-state index in [4.69, 9.17) is 5.11 Å². The third kappa shape index (κ3) is 2.81. The lowest BCUT2D eigenvalue weighted by atomic mass is 10.2. The van der Waals surface area contributed by atoms with Crippen LogP contribution in [0, 0.1) is 6.92 Å². The van der Waals surface area contributed by atoms with Crippen molar-refractivity contribution in [3.63, 3.8) is 0 Å². The van der Waals surface area contributed by atoms with E-state index in [2.05, 4.69) is 10.3 Å². The zero-order valence-corrected chi connectivity index (χ0v) is 8.37. The number of nitrogens with one attached hydrogen (secondary N) is 1. The third-order valence-electron chi connectivity index (χ3n) is 1.58. The van der Waals surface area contributed by atoms with Crippen molar-refractivity contribution >= 4 is 23.7 Å². The number of rotatable bonds is 5. The number of carbonyl (C=O) groups is 2. The molecule has 1 atom stereocenters. The van der Waals surface area contributed by atoms with Gasteiger partial charge in [0.05, 0.1) is 12.5 Å². The Morgan fingerprint density at radius 3 is 3.00 bits per heavy atom. The monoisotopic (exact) mass is 214 g/mol. The van der Waals surface area contributed by atoms with Crippen LogP contribution in [0.3, 0.4) is 0 Å². The van der Waals surface area contributed by atoms with Crippen LogP contribution in [0.15, 0.2) is 5.38 Å². The second kappa shape index (κ2) is 4.71. The van der Waals surface area contributed by atoms with Crippen molar-refractivity contribution in [3.8, 4) is 0 Å². The highest BCUT2D eigenvalue weighted by molar-refractivity contribution is 7.09. The molecule has 1 amide bonds. The molecule has 0 radical (unpaired) electrons. The van der Waals surface area contributed by atoms with E-state index in [1.165, 1.54) is 11.3 Å². The number of hydrogen-bond acceptors (Lipinski definition) is 4. The van der Waals surface area contributed by atoms with E-state index in [1.54, 1.807) is 0 Å². The average Bonchev–Trinajstić information content (AvgIpc) is 2.50. The summed E-state index contributed by atoms with van der Waals surface area (Å²) >= 11 is 1.34. The van der Waals surface area contributed by atoms with Crippen LogP contribution < -0.4 is 5.32 Å². The number of carboxylic acid groups (broad SMARTS) is 1. The highest BCUT2D eigenvalue weighted by Crippen LogP contribution is 2.20. The summed E-state index contributed by atoms with van der Waals surface area (Å²) in [4.78, 5) is 24.9. The number of aryl methyl sites for hydroxylation is 1. The van der Waals surface area contributed by atoms with Crippen LogP contribution in [0.1, 0.15) is 23.2 Å². The van der Waals surface area contributed by atoms with Gasteiger partial charge in [0.15, 0.2) is 0 Å². The van der Waals surface area contributed by atoms with E-state index in [0.29, 0.717) is 11.4 Å². The predicted molar refractivity (Wildman–Crippen MR) is 51.0 cm³/mol. The minimum Gasteiger partial charge on any atom is -0.481 e. The number of aliphatic carboxylic acids is 1. The molecule has 0 saturated heterocycles. The van der Waals surface area contributed by atoms with Crippen molar-refractivity contribution in [2.45, 2.75) is 19.4 Å². The van der Waals surface area contributed by atoms with Crippen molar-refractivity contribution < 1.29 is 14.7 Å². The number of thiazole rings is 1. The molecule has 5 nitrogen and oxygen atoms in total. The molecule has 0 aliphatic heterocycles. The molecule has 1 rings (SSSR count). The summed E-state index contributed by atoms with van der Waals surface area (Å²) in [5.74, 6) is -0.961. The Bertz CT molecular complexity index is 337. The van der Waals surface area contributed by atoms with E-state index >= 15 is 0 Å². The fourth-order valence-corrected chi connectivity index (χ4v) is 1.86.